The Hall–Kier alpha value is -3.52. The van der Waals surface area contributed by atoms with Crippen LogP contribution in [0.3, 0.4) is 0 Å². The molecule has 0 N–H and O–H groups in total. The van der Waals surface area contributed by atoms with Gasteiger partial charge in [-0.05, 0) is 41.3 Å². The Bertz CT molecular complexity index is 1240. The molecule has 35 heavy (non-hydrogen) atoms. The first kappa shape index (κ1) is 22.0. The average Bonchev–Trinajstić information content (AvgIpc) is 3.44. The molecule has 7 nitrogen and oxygen atoms in total. The summed E-state index contributed by atoms with van der Waals surface area (Å²) in [4.78, 5) is 26.4. The number of aromatic nitrogens is 2. The molecule has 2 saturated heterocycles. The number of hydrogen-bond donors (Lipinski definition) is 0. The van der Waals surface area contributed by atoms with Crippen LogP contribution in [0, 0.1) is 0 Å². The van der Waals surface area contributed by atoms with Crippen molar-refractivity contribution in [2.75, 3.05) is 37.7 Å². The Balaban J connectivity index is 1.33. The molecule has 4 heterocycles. The molecule has 3 atom stereocenters. The Morgan fingerprint density at radius 2 is 1.80 bits per heavy atom. The van der Waals surface area contributed by atoms with Crippen molar-refractivity contribution in [3.05, 3.63) is 71.5 Å². The Morgan fingerprint density at radius 3 is 2.57 bits per heavy atom. The Morgan fingerprint density at radius 1 is 1.03 bits per heavy atom. The van der Waals surface area contributed by atoms with Crippen LogP contribution in [-0.2, 0) is 4.74 Å². The number of amides is 1. The molecule has 0 bridgehead atoms. The Labute approximate surface area is 203 Å². The van der Waals surface area contributed by atoms with Gasteiger partial charge in [0.2, 0.25) is 12.3 Å². The fraction of sp³-hybridized carbons (Fsp3) is 0.370. The van der Waals surface area contributed by atoms with Crippen LogP contribution in [0.1, 0.15) is 46.8 Å². The summed E-state index contributed by atoms with van der Waals surface area (Å²) in [5.74, 6) is 1.33. The van der Waals surface area contributed by atoms with Crippen molar-refractivity contribution < 1.29 is 18.7 Å². The molecule has 0 radical (unpaired) electrons. The molecule has 6 rings (SSSR count). The molecule has 0 saturated carbocycles. The third kappa shape index (κ3) is 3.91. The molecule has 0 aliphatic carbocycles. The van der Waals surface area contributed by atoms with Crippen LogP contribution in [-0.4, -0.2) is 60.0 Å². The van der Waals surface area contributed by atoms with E-state index in [9.17, 15) is 9.18 Å². The van der Waals surface area contributed by atoms with Crippen molar-refractivity contribution in [3.63, 3.8) is 0 Å². The maximum atomic E-state index is 13.7. The van der Waals surface area contributed by atoms with Crippen LogP contribution in [0.5, 0.6) is 5.75 Å². The van der Waals surface area contributed by atoms with E-state index in [1.807, 2.05) is 47.6 Å². The number of carbonyl (C=O) groups is 1. The fourth-order valence-electron chi connectivity index (χ4n) is 5.53. The van der Waals surface area contributed by atoms with Gasteiger partial charge in [0.1, 0.15) is 5.75 Å². The van der Waals surface area contributed by atoms with Crippen molar-refractivity contribution in [2.24, 2.45) is 0 Å². The molecule has 8 heteroatoms. The molecule has 1 unspecified atom stereocenters. The number of halogens is 1. The van der Waals surface area contributed by atoms with Gasteiger partial charge in [-0.25, -0.2) is 14.4 Å². The van der Waals surface area contributed by atoms with Crippen LogP contribution in [0.15, 0.2) is 54.9 Å². The van der Waals surface area contributed by atoms with Crippen LogP contribution >= 0.6 is 0 Å². The maximum Gasteiger partial charge on any atom is 0.254 e. The highest BCUT2D eigenvalue weighted by Gasteiger charge is 2.46. The topological polar surface area (TPSA) is 67.8 Å². The van der Waals surface area contributed by atoms with Gasteiger partial charge in [0, 0.05) is 56.0 Å². The molecule has 3 aromatic rings. The van der Waals surface area contributed by atoms with Gasteiger partial charge in [-0.1, -0.05) is 24.3 Å². The van der Waals surface area contributed by atoms with Gasteiger partial charge in [-0.2, -0.15) is 0 Å². The van der Waals surface area contributed by atoms with Crippen LogP contribution < -0.4 is 9.64 Å². The van der Waals surface area contributed by atoms with Gasteiger partial charge >= 0.3 is 0 Å². The second-order valence-electron chi connectivity index (χ2n) is 9.21. The zero-order valence-corrected chi connectivity index (χ0v) is 19.6. The summed E-state index contributed by atoms with van der Waals surface area (Å²) in [7, 11) is 0. The standard InChI is InChI=1S/C27H27FN4O3/c1-17(28)35-24-5-3-2-4-20(24)21-8-9-32-25(21)23-14-18(6-7-22(23)26(32)33)19-15-29-27(30-16-19)31-10-12-34-13-11-31/h2-7,14-17,21,25H,8-13H2,1H3/t17?,21-,25+/m0/s1. The number of carbonyl (C=O) groups excluding carboxylic acids is 1. The highest BCUT2D eigenvalue weighted by molar-refractivity contribution is 6.00. The number of para-hydroxylation sites is 1. The van der Waals surface area contributed by atoms with Crippen molar-refractivity contribution in [3.8, 4) is 16.9 Å². The summed E-state index contributed by atoms with van der Waals surface area (Å²) in [6.07, 6.45) is 3.08. The quantitative estimate of drug-likeness (QED) is 0.548. The summed E-state index contributed by atoms with van der Waals surface area (Å²) in [5, 5.41) is 0. The molecule has 1 aromatic heterocycles. The monoisotopic (exact) mass is 474 g/mol. The normalized spacial score (nSPS) is 22.2. The zero-order valence-electron chi connectivity index (χ0n) is 19.6. The third-order valence-corrected chi connectivity index (χ3v) is 7.13. The lowest BCUT2D eigenvalue weighted by molar-refractivity contribution is 0.0762. The third-order valence-electron chi connectivity index (χ3n) is 7.13. The van der Waals surface area contributed by atoms with E-state index in [0.29, 0.717) is 31.5 Å². The predicted molar refractivity (Wildman–Crippen MR) is 129 cm³/mol. The lowest BCUT2D eigenvalue weighted by Crippen LogP contribution is -2.37. The molecular weight excluding hydrogens is 447 g/mol. The van der Waals surface area contributed by atoms with E-state index in [1.54, 1.807) is 6.07 Å². The first-order chi connectivity index (χ1) is 17.1. The zero-order chi connectivity index (χ0) is 23.9. The van der Waals surface area contributed by atoms with Crippen molar-refractivity contribution in [2.45, 2.75) is 31.7 Å². The second kappa shape index (κ2) is 8.92. The first-order valence-corrected chi connectivity index (χ1v) is 12.1. The van der Waals surface area contributed by atoms with Gasteiger partial charge in [-0.15, -0.1) is 0 Å². The summed E-state index contributed by atoms with van der Waals surface area (Å²) >= 11 is 0. The van der Waals surface area contributed by atoms with Gasteiger partial charge in [0.05, 0.1) is 19.3 Å². The number of nitrogens with zero attached hydrogens (tertiary/aromatic N) is 4. The number of alkyl halides is 1. The Kier molecular flexibility index (Phi) is 5.60. The molecule has 2 aromatic carbocycles. The second-order valence-corrected chi connectivity index (χ2v) is 9.21. The minimum Gasteiger partial charge on any atom is -0.460 e. The number of ether oxygens (including phenoxy) is 2. The minimum atomic E-state index is -1.40. The highest BCUT2D eigenvalue weighted by atomic mass is 19.1. The molecule has 2 fully saturated rings. The predicted octanol–water partition coefficient (Wildman–Crippen LogP) is 4.36. The average molecular weight is 475 g/mol. The smallest absolute Gasteiger partial charge is 0.254 e. The summed E-state index contributed by atoms with van der Waals surface area (Å²) < 4.78 is 24.6. The lowest BCUT2D eigenvalue weighted by Gasteiger charge is -2.26. The van der Waals surface area contributed by atoms with Crippen LogP contribution in [0.4, 0.5) is 10.3 Å². The summed E-state index contributed by atoms with van der Waals surface area (Å²) in [6.45, 7) is 4.97. The van der Waals surface area contributed by atoms with Gasteiger partial charge < -0.3 is 19.3 Å². The largest absolute Gasteiger partial charge is 0.460 e. The minimum absolute atomic E-state index is 0.0327. The molecule has 3 aliphatic rings. The van der Waals surface area contributed by atoms with Crippen molar-refractivity contribution in [1.82, 2.24) is 14.9 Å². The summed E-state index contributed by atoms with van der Waals surface area (Å²) in [6, 6.07) is 13.4. The number of hydrogen-bond acceptors (Lipinski definition) is 6. The van der Waals surface area contributed by atoms with Crippen LogP contribution in [0.2, 0.25) is 0 Å². The van der Waals surface area contributed by atoms with Crippen molar-refractivity contribution in [1.29, 1.82) is 0 Å². The maximum absolute atomic E-state index is 13.7. The number of fused-ring (bicyclic) bond motifs is 3. The van der Waals surface area contributed by atoms with E-state index < -0.39 is 6.36 Å². The molecule has 180 valence electrons. The first-order valence-electron chi connectivity index (χ1n) is 12.1. The van der Waals surface area contributed by atoms with E-state index in [4.69, 9.17) is 9.47 Å². The van der Waals surface area contributed by atoms with E-state index in [-0.39, 0.29) is 17.9 Å². The fourth-order valence-corrected chi connectivity index (χ4v) is 5.53. The number of morpholine rings is 1. The SMILES string of the molecule is CC(F)Oc1ccccc1[C@@H]1CCN2C(=O)c3ccc(-c4cnc(N5CCOCC5)nc4)cc3[C@@H]12. The van der Waals surface area contributed by atoms with E-state index in [2.05, 4.69) is 20.9 Å². The van der Waals surface area contributed by atoms with Gasteiger partial charge in [0.15, 0.2) is 0 Å². The van der Waals surface area contributed by atoms with E-state index in [0.717, 1.165) is 47.3 Å². The van der Waals surface area contributed by atoms with E-state index in [1.165, 1.54) is 6.92 Å². The molecule has 1 amide bonds. The molecule has 0 spiro atoms. The van der Waals surface area contributed by atoms with Crippen LogP contribution in [0.25, 0.3) is 11.1 Å². The number of anilines is 1. The number of benzene rings is 2. The highest BCUT2D eigenvalue weighted by Crippen LogP contribution is 2.51. The summed E-state index contributed by atoms with van der Waals surface area (Å²) in [5.41, 5.74) is 4.54. The molecule has 3 aliphatic heterocycles. The van der Waals surface area contributed by atoms with Gasteiger partial charge in [-0.3, -0.25) is 4.79 Å². The number of rotatable bonds is 5. The van der Waals surface area contributed by atoms with Crippen molar-refractivity contribution >= 4 is 11.9 Å². The molecular formula is C27H27FN4O3. The lowest BCUT2D eigenvalue weighted by atomic mass is 9.86. The van der Waals surface area contributed by atoms with E-state index >= 15 is 0 Å². The van der Waals surface area contributed by atoms with Gasteiger partial charge in [0.25, 0.3) is 5.91 Å².